The second-order valence-electron chi connectivity index (χ2n) is 3.43. The third kappa shape index (κ3) is 2.48. The molecule has 0 bridgehead atoms. The second kappa shape index (κ2) is 4.48. The van der Waals surface area contributed by atoms with E-state index in [-0.39, 0.29) is 0 Å². The zero-order chi connectivity index (χ0) is 11.4. The monoisotopic (exact) mass is 200 g/mol. The van der Waals surface area contributed by atoms with E-state index < -0.39 is 5.92 Å². The molecule has 0 atom stereocenters. The molecule has 1 aliphatic heterocycles. The van der Waals surface area contributed by atoms with Crippen molar-refractivity contribution >= 4 is 0 Å². The Labute approximate surface area is 89.6 Å². The Hall–Kier alpha value is -2.00. The van der Waals surface area contributed by atoms with Crippen molar-refractivity contribution in [1.29, 1.82) is 10.5 Å². The van der Waals surface area contributed by atoms with Crippen LogP contribution in [0.4, 0.5) is 0 Å². The Morgan fingerprint density at radius 3 is 2.47 bits per heavy atom. The summed E-state index contributed by atoms with van der Waals surface area (Å²) in [5.74, 6) is 0.879. The molecular formula is C12H12N2O. The molecule has 1 aliphatic rings. The number of rotatable bonds is 2. The lowest BCUT2D eigenvalue weighted by atomic mass is 9.94. The Morgan fingerprint density at radius 2 is 2.00 bits per heavy atom. The number of hydrogen-bond donors (Lipinski definition) is 0. The van der Waals surface area contributed by atoms with Crippen LogP contribution in [0.15, 0.2) is 35.3 Å². The van der Waals surface area contributed by atoms with Gasteiger partial charge < -0.3 is 4.74 Å². The van der Waals surface area contributed by atoms with Crippen molar-refractivity contribution in [3.8, 4) is 12.1 Å². The summed E-state index contributed by atoms with van der Waals surface area (Å²) in [5, 5.41) is 17.4. The lowest BCUT2D eigenvalue weighted by Crippen LogP contribution is -2.05. The fourth-order valence-electron chi connectivity index (χ4n) is 1.49. The normalized spacial score (nSPS) is 15.5. The lowest BCUT2D eigenvalue weighted by Gasteiger charge is -2.19. The van der Waals surface area contributed by atoms with Gasteiger partial charge in [0.25, 0.3) is 0 Å². The van der Waals surface area contributed by atoms with Crippen LogP contribution in [0.5, 0.6) is 0 Å². The smallest absolute Gasteiger partial charge is 0.137 e. The highest BCUT2D eigenvalue weighted by Crippen LogP contribution is 2.29. The molecule has 0 aromatic carbocycles. The van der Waals surface area contributed by atoms with Crippen molar-refractivity contribution < 1.29 is 4.74 Å². The first-order valence-electron chi connectivity index (χ1n) is 4.63. The first kappa shape index (κ1) is 11.1. The van der Waals surface area contributed by atoms with Gasteiger partial charge in [0, 0.05) is 6.42 Å². The highest BCUT2D eigenvalue weighted by atomic mass is 16.5. The summed E-state index contributed by atoms with van der Waals surface area (Å²) in [4.78, 5) is 0. The standard InChI is InChI=1S/C12H12N2O/c1-8-4-9(2)15-10(3)12(8)5-11(6-13)7-14/h4,11H,1,5H2,2-3H3. The Bertz CT molecular complexity index is 416. The van der Waals surface area contributed by atoms with Crippen molar-refractivity contribution in [2.24, 2.45) is 5.92 Å². The molecule has 0 amide bonds. The van der Waals surface area contributed by atoms with Crippen molar-refractivity contribution in [3.63, 3.8) is 0 Å². The Kier molecular flexibility index (Phi) is 3.31. The van der Waals surface area contributed by atoms with Gasteiger partial charge in [0.15, 0.2) is 0 Å². The summed E-state index contributed by atoms with van der Waals surface area (Å²) in [5.41, 5.74) is 1.68. The maximum absolute atomic E-state index is 8.70. The summed E-state index contributed by atoms with van der Waals surface area (Å²) in [6.07, 6.45) is 2.19. The summed E-state index contributed by atoms with van der Waals surface area (Å²) in [6, 6.07) is 3.88. The van der Waals surface area contributed by atoms with Gasteiger partial charge in [-0.3, -0.25) is 0 Å². The fourth-order valence-corrected chi connectivity index (χ4v) is 1.49. The highest BCUT2D eigenvalue weighted by molar-refractivity contribution is 5.43. The summed E-state index contributed by atoms with van der Waals surface area (Å²) in [6.45, 7) is 7.55. The van der Waals surface area contributed by atoms with E-state index in [9.17, 15) is 0 Å². The molecule has 0 aliphatic carbocycles. The van der Waals surface area contributed by atoms with Crippen molar-refractivity contribution in [2.75, 3.05) is 0 Å². The van der Waals surface area contributed by atoms with Crippen LogP contribution in [0.2, 0.25) is 0 Å². The first-order chi connectivity index (χ1) is 7.08. The van der Waals surface area contributed by atoms with Crippen LogP contribution in [0.1, 0.15) is 20.3 Å². The zero-order valence-corrected chi connectivity index (χ0v) is 8.87. The van der Waals surface area contributed by atoms with Crippen LogP contribution in [-0.4, -0.2) is 0 Å². The van der Waals surface area contributed by atoms with E-state index in [2.05, 4.69) is 6.58 Å². The average molecular weight is 200 g/mol. The van der Waals surface area contributed by atoms with E-state index in [1.165, 1.54) is 0 Å². The summed E-state index contributed by atoms with van der Waals surface area (Å²) >= 11 is 0. The quantitative estimate of drug-likeness (QED) is 0.688. The summed E-state index contributed by atoms with van der Waals surface area (Å²) < 4.78 is 5.42. The van der Waals surface area contributed by atoms with Crippen LogP contribution in [0, 0.1) is 28.6 Å². The van der Waals surface area contributed by atoms with Crippen LogP contribution >= 0.6 is 0 Å². The van der Waals surface area contributed by atoms with Crippen LogP contribution in [0.3, 0.4) is 0 Å². The van der Waals surface area contributed by atoms with Gasteiger partial charge in [-0.2, -0.15) is 10.5 Å². The zero-order valence-electron chi connectivity index (χ0n) is 8.87. The van der Waals surface area contributed by atoms with Crippen LogP contribution < -0.4 is 0 Å². The molecule has 1 heterocycles. The maximum atomic E-state index is 8.70. The van der Waals surface area contributed by atoms with Gasteiger partial charge >= 0.3 is 0 Å². The Balaban J connectivity index is 2.89. The van der Waals surface area contributed by atoms with E-state index in [1.807, 2.05) is 32.1 Å². The molecule has 0 unspecified atom stereocenters. The predicted molar refractivity (Wildman–Crippen MR) is 56.0 cm³/mol. The third-order valence-corrected chi connectivity index (χ3v) is 2.22. The van der Waals surface area contributed by atoms with Gasteiger partial charge in [-0.05, 0) is 31.1 Å². The number of hydrogen-bond acceptors (Lipinski definition) is 3. The maximum Gasteiger partial charge on any atom is 0.137 e. The molecule has 3 nitrogen and oxygen atoms in total. The molecule has 0 saturated heterocycles. The number of ether oxygens (including phenoxy) is 1. The lowest BCUT2D eigenvalue weighted by molar-refractivity contribution is 0.297. The molecule has 0 saturated carbocycles. The van der Waals surface area contributed by atoms with Gasteiger partial charge in [0.05, 0.1) is 12.1 Å². The van der Waals surface area contributed by atoms with Crippen molar-refractivity contribution in [1.82, 2.24) is 0 Å². The van der Waals surface area contributed by atoms with E-state index in [1.54, 1.807) is 0 Å². The topological polar surface area (TPSA) is 56.8 Å². The molecular weight excluding hydrogens is 188 g/mol. The molecule has 0 radical (unpaired) electrons. The van der Waals surface area contributed by atoms with E-state index in [0.717, 1.165) is 22.7 Å². The number of allylic oxidation sites excluding steroid dienone is 5. The SMILES string of the molecule is C=C1C=C(C)OC(C)=C1CC(C#N)C#N. The minimum absolute atomic E-state index is 0.376. The molecule has 0 aromatic rings. The predicted octanol–water partition coefficient (Wildman–Crippen LogP) is 2.80. The van der Waals surface area contributed by atoms with E-state index in [0.29, 0.717) is 6.42 Å². The Morgan fingerprint density at radius 1 is 1.40 bits per heavy atom. The minimum Gasteiger partial charge on any atom is -0.466 e. The minimum atomic E-state index is -0.637. The van der Waals surface area contributed by atoms with E-state index >= 15 is 0 Å². The van der Waals surface area contributed by atoms with Crippen molar-refractivity contribution in [3.05, 3.63) is 35.3 Å². The molecule has 1 rings (SSSR count). The molecule has 0 spiro atoms. The van der Waals surface area contributed by atoms with Crippen molar-refractivity contribution in [2.45, 2.75) is 20.3 Å². The molecule has 0 fully saturated rings. The van der Waals surface area contributed by atoms with E-state index in [4.69, 9.17) is 15.3 Å². The molecule has 0 N–H and O–H groups in total. The average Bonchev–Trinajstić information content (AvgIpc) is 2.17. The van der Waals surface area contributed by atoms with Crippen LogP contribution in [0.25, 0.3) is 0 Å². The second-order valence-corrected chi connectivity index (χ2v) is 3.43. The van der Waals surface area contributed by atoms with Gasteiger partial charge in [-0.25, -0.2) is 0 Å². The fraction of sp³-hybridized carbons (Fsp3) is 0.333. The van der Waals surface area contributed by atoms with Gasteiger partial charge in [0.1, 0.15) is 17.4 Å². The van der Waals surface area contributed by atoms with Crippen LogP contribution in [-0.2, 0) is 4.74 Å². The van der Waals surface area contributed by atoms with Gasteiger partial charge in [0.2, 0.25) is 0 Å². The summed E-state index contributed by atoms with van der Waals surface area (Å²) in [7, 11) is 0. The molecule has 15 heavy (non-hydrogen) atoms. The number of nitriles is 2. The molecule has 0 aromatic heterocycles. The van der Waals surface area contributed by atoms with Gasteiger partial charge in [-0.1, -0.05) is 6.58 Å². The third-order valence-electron chi connectivity index (χ3n) is 2.22. The molecule has 3 heteroatoms. The highest BCUT2D eigenvalue weighted by Gasteiger charge is 2.17. The van der Waals surface area contributed by atoms with Gasteiger partial charge in [-0.15, -0.1) is 0 Å². The molecule has 76 valence electrons. The largest absolute Gasteiger partial charge is 0.466 e. The first-order valence-corrected chi connectivity index (χ1v) is 4.63. The number of nitrogens with zero attached hydrogens (tertiary/aromatic N) is 2.